The van der Waals surface area contributed by atoms with Gasteiger partial charge in [0.2, 0.25) is 5.91 Å². The first-order valence-corrected chi connectivity index (χ1v) is 12.8. The van der Waals surface area contributed by atoms with Crippen LogP contribution in [0.5, 0.6) is 0 Å². The molecule has 0 aromatic rings. The second-order valence-corrected chi connectivity index (χ2v) is 11.8. The lowest BCUT2D eigenvalue weighted by Crippen LogP contribution is -2.62. The first-order chi connectivity index (χ1) is 13.7. The van der Waals surface area contributed by atoms with E-state index in [9.17, 15) is 4.79 Å². The van der Waals surface area contributed by atoms with Crippen molar-refractivity contribution in [1.82, 2.24) is 10.2 Å². The zero-order valence-corrected chi connectivity index (χ0v) is 17.7. The highest BCUT2D eigenvalue weighted by Gasteiger charge is 2.55. The van der Waals surface area contributed by atoms with Crippen LogP contribution in [0.1, 0.15) is 103 Å². The van der Waals surface area contributed by atoms with Gasteiger partial charge in [0.05, 0.1) is 0 Å². The molecule has 0 spiro atoms. The van der Waals surface area contributed by atoms with Gasteiger partial charge in [-0.05, 0) is 94.8 Å². The molecule has 5 saturated carbocycles. The highest BCUT2D eigenvalue weighted by molar-refractivity contribution is 5.83. The third-order valence-electron chi connectivity index (χ3n) is 9.88. The Morgan fingerprint density at radius 3 is 1.79 bits per heavy atom. The van der Waals surface area contributed by atoms with Crippen LogP contribution in [-0.4, -0.2) is 35.0 Å². The second kappa shape index (κ2) is 7.00. The highest BCUT2D eigenvalue weighted by atomic mass is 16.2. The Morgan fingerprint density at radius 1 is 0.679 bits per heavy atom. The maximum absolute atomic E-state index is 13.5. The molecule has 28 heavy (non-hydrogen) atoms. The summed E-state index contributed by atoms with van der Waals surface area (Å²) in [6, 6.07) is 2.80. The Labute approximate surface area is 171 Å². The van der Waals surface area contributed by atoms with Crippen LogP contribution in [0.25, 0.3) is 0 Å². The largest absolute Gasteiger partial charge is 0.353 e. The first-order valence-electron chi connectivity index (χ1n) is 12.8. The van der Waals surface area contributed by atoms with Crippen molar-refractivity contribution in [2.75, 3.05) is 0 Å². The van der Waals surface area contributed by atoms with Crippen LogP contribution in [0.2, 0.25) is 0 Å². The standard InChI is InChI=1S/C25H40N2O/c28-24(25-14-17-9-18(15-25)11-19(10-17)16-25)26-20-12-22-7-4-8-23(13-20)27(22)21-5-2-1-3-6-21/h17-23H,1-16H2,(H,26,28)/t17?,18?,19?,22-,23-,25?/m1/s1. The first kappa shape index (κ1) is 18.2. The smallest absolute Gasteiger partial charge is 0.226 e. The number of hydrogen-bond acceptors (Lipinski definition) is 2. The summed E-state index contributed by atoms with van der Waals surface area (Å²) in [6.07, 6.45) is 21.7. The number of piperidine rings is 2. The lowest BCUT2D eigenvalue weighted by atomic mass is 9.49. The summed E-state index contributed by atoms with van der Waals surface area (Å²) in [6.45, 7) is 0. The number of carbonyl (C=O) groups is 1. The molecule has 7 aliphatic rings. The zero-order valence-electron chi connectivity index (χ0n) is 17.7. The normalized spacial score (nSPS) is 48.6. The summed E-state index contributed by atoms with van der Waals surface area (Å²) >= 11 is 0. The molecule has 7 rings (SSSR count). The van der Waals surface area contributed by atoms with Gasteiger partial charge in [-0.15, -0.1) is 0 Å². The average Bonchev–Trinajstić information content (AvgIpc) is 2.67. The van der Waals surface area contributed by atoms with Crippen molar-refractivity contribution in [3.63, 3.8) is 0 Å². The van der Waals surface area contributed by atoms with Crippen LogP contribution in [0.3, 0.4) is 0 Å². The second-order valence-electron chi connectivity index (χ2n) is 11.8. The molecule has 156 valence electrons. The van der Waals surface area contributed by atoms with Gasteiger partial charge in [0.1, 0.15) is 0 Å². The number of rotatable bonds is 3. The van der Waals surface area contributed by atoms with Crippen molar-refractivity contribution in [2.45, 2.75) is 127 Å². The summed E-state index contributed by atoms with van der Waals surface area (Å²) in [7, 11) is 0. The third-order valence-corrected chi connectivity index (χ3v) is 9.88. The number of carbonyl (C=O) groups excluding carboxylic acids is 1. The summed E-state index contributed by atoms with van der Waals surface area (Å²) in [4.78, 5) is 16.5. The number of amides is 1. The number of nitrogens with zero attached hydrogens (tertiary/aromatic N) is 1. The van der Waals surface area contributed by atoms with Crippen LogP contribution < -0.4 is 5.32 Å². The predicted molar refractivity (Wildman–Crippen MR) is 112 cm³/mol. The van der Waals surface area contributed by atoms with E-state index >= 15 is 0 Å². The maximum atomic E-state index is 13.5. The SMILES string of the molecule is O=C(NC1C[C@H]2CCC[C@H](C1)N2C1CCCCC1)C12CC3CC(CC(C3)C1)C2. The van der Waals surface area contributed by atoms with E-state index in [-0.39, 0.29) is 5.41 Å². The molecular formula is C25H40N2O. The molecule has 6 bridgehead atoms. The maximum Gasteiger partial charge on any atom is 0.226 e. The van der Waals surface area contributed by atoms with Crippen molar-refractivity contribution in [3.8, 4) is 0 Å². The molecule has 0 unspecified atom stereocenters. The summed E-state index contributed by atoms with van der Waals surface area (Å²) in [5.74, 6) is 3.07. The van der Waals surface area contributed by atoms with Crippen molar-refractivity contribution in [3.05, 3.63) is 0 Å². The molecule has 0 aromatic carbocycles. The number of nitrogens with one attached hydrogen (secondary N) is 1. The van der Waals surface area contributed by atoms with Gasteiger partial charge in [0.15, 0.2) is 0 Å². The Bertz CT molecular complexity index is 560. The van der Waals surface area contributed by atoms with Crippen LogP contribution >= 0.6 is 0 Å². The van der Waals surface area contributed by atoms with Crippen LogP contribution in [0.4, 0.5) is 0 Å². The molecule has 2 atom stereocenters. The summed E-state index contributed by atoms with van der Waals surface area (Å²) in [5.41, 5.74) is 0.0321. The molecule has 3 heteroatoms. The molecule has 3 nitrogen and oxygen atoms in total. The van der Waals surface area contributed by atoms with E-state index in [1.54, 1.807) is 0 Å². The van der Waals surface area contributed by atoms with Gasteiger partial charge in [-0.1, -0.05) is 25.7 Å². The van der Waals surface area contributed by atoms with Gasteiger partial charge in [-0.25, -0.2) is 0 Å². The number of fused-ring (bicyclic) bond motifs is 2. The molecule has 2 aliphatic heterocycles. The summed E-state index contributed by atoms with van der Waals surface area (Å²) in [5, 5.41) is 3.66. The van der Waals surface area contributed by atoms with E-state index in [2.05, 4.69) is 10.2 Å². The third kappa shape index (κ3) is 3.06. The lowest BCUT2D eigenvalue weighted by molar-refractivity contribution is -0.148. The monoisotopic (exact) mass is 384 g/mol. The Hall–Kier alpha value is -0.570. The predicted octanol–water partition coefficient (Wildman–Crippen LogP) is 5.04. The molecule has 1 amide bonds. The number of hydrogen-bond donors (Lipinski definition) is 1. The van der Waals surface area contributed by atoms with Crippen LogP contribution in [0.15, 0.2) is 0 Å². The molecule has 0 aromatic heterocycles. The van der Waals surface area contributed by atoms with Gasteiger partial charge >= 0.3 is 0 Å². The Balaban J connectivity index is 1.13. The van der Waals surface area contributed by atoms with E-state index in [4.69, 9.17) is 0 Å². The minimum atomic E-state index is 0.0321. The lowest BCUT2D eigenvalue weighted by Gasteiger charge is -2.57. The van der Waals surface area contributed by atoms with Crippen LogP contribution in [0, 0.1) is 23.2 Å². The Morgan fingerprint density at radius 2 is 1.21 bits per heavy atom. The van der Waals surface area contributed by atoms with Gasteiger partial charge in [-0.2, -0.15) is 0 Å². The Kier molecular flexibility index (Phi) is 4.55. The van der Waals surface area contributed by atoms with E-state index in [1.807, 2.05) is 0 Å². The van der Waals surface area contributed by atoms with E-state index < -0.39 is 0 Å². The van der Waals surface area contributed by atoms with E-state index in [0.29, 0.717) is 11.9 Å². The molecule has 7 fully saturated rings. The van der Waals surface area contributed by atoms with Gasteiger partial charge in [0, 0.05) is 29.6 Å². The highest BCUT2D eigenvalue weighted by Crippen LogP contribution is 2.60. The minimum Gasteiger partial charge on any atom is -0.353 e. The fourth-order valence-electron chi connectivity index (χ4n) is 9.24. The fraction of sp³-hybridized carbons (Fsp3) is 0.960. The van der Waals surface area contributed by atoms with E-state index in [0.717, 1.165) is 35.9 Å². The van der Waals surface area contributed by atoms with Gasteiger partial charge in [-0.3, -0.25) is 9.69 Å². The molecule has 5 aliphatic carbocycles. The quantitative estimate of drug-likeness (QED) is 0.739. The van der Waals surface area contributed by atoms with Crippen molar-refractivity contribution in [1.29, 1.82) is 0 Å². The minimum absolute atomic E-state index is 0.0321. The molecular weight excluding hydrogens is 344 g/mol. The average molecular weight is 385 g/mol. The van der Waals surface area contributed by atoms with Crippen LogP contribution in [-0.2, 0) is 4.79 Å². The fourth-order valence-corrected chi connectivity index (χ4v) is 9.24. The van der Waals surface area contributed by atoms with Crippen molar-refractivity contribution >= 4 is 5.91 Å². The topological polar surface area (TPSA) is 32.3 Å². The van der Waals surface area contributed by atoms with Crippen molar-refractivity contribution in [2.24, 2.45) is 23.2 Å². The molecule has 2 saturated heterocycles. The van der Waals surface area contributed by atoms with Crippen molar-refractivity contribution < 1.29 is 4.79 Å². The van der Waals surface area contributed by atoms with Gasteiger partial charge in [0.25, 0.3) is 0 Å². The molecule has 1 N–H and O–H groups in total. The summed E-state index contributed by atoms with van der Waals surface area (Å²) < 4.78 is 0. The van der Waals surface area contributed by atoms with Gasteiger partial charge < -0.3 is 5.32 Å². The molecule has 0 radical (unpaired) electrons. The molecule has 2 heterocycles. The zero-order chi connectivity index (χ0) is 18.7. The van der Waals surface area contributed by atoms with E-state index in [1.165, 1.54) is 103 Å².